The van der Waals surface area contributed by atoms with Crippen molar-refractivity contribution in [2.45, 2.75) is 19.9 Å². The molecule has 0 radical (unpaired) electrons. The van der Waals surface area contributed by atoms with E-state index in [1.54, 1.807) is 11.3 Å². The third-order valence-electron chi connectivity index (χ3n) is 4.36. The first-order chi connectivity index (χ1) is 13.3. The summed E-state index contributed by atoms with van der Waals surface area (Å²) < 4.78 is 5.39. The highest BCUT2D eigenvalue weighted by molar-refractivity contribution is 14.0. The normalized spacial score (nSPS) is 15.1. The van der Waals surface area contributed by atoms with Crippen molar-refractivity contribution in [3.8, 4) is 10.6 Å². The lowest BCUT2D eigenvalue weighted by Crippen LogP contribution is -2.40. The second-order valence-corrected chi connectivity index (χ2v) is 7.30. The predicted octanol–water partition coefficient (Wildman–Crippen LogP) is 3.21. The maximum atomic E-state index is 5.39. The molecule has 0 unspecified atom stereocenters. The van der Waals surface area contributed by atoms with Gasteiger partial charge in [-0.15, -0.1) is 35.3 Å². The first-order valence-corrected chi connectivity index (χ1v) is 10.5. The van der Waals surface area contributed by atoms with Crippen LogP contribution in [0.15, 0.2) is 40.7 Å². The molecule has 3 rings (SSSR count). The van der Waals surface area contributed by atoms with Crippen molar-refractivity contribution in [1.29, 1.82) is 0 Å². The first kappa shape index (κ1) is 23.1. The van der Waals surface area contributed by atoms with Gasteiger partial charge in [-0.05, 0) is 19.9 Å². The largest absolute Gasteiger partial charge is 0.379 e. The van der Waals surface area contributed by atoms with Gasteiger partial charge in [-0.25, -0.2) is 9.98 Å². The van der Waals surface area contributed by atoms with Gasteiger partial charge in [0.2, 0.25) is 0 Å². The Labute approximate surface area is 188 Å². The van der Waals surface area contributed by atoms with E-state index in [4.69, 9.17) is 9.72 Å². The molecule has 1 fully saturated rings. The number of halogens is 1. The minimum absolute atomic E-state index is 0. The third-order valence-corrected chi connectivity index (χ3v) is 5.30. The lowest BCUT2D eigenvalue weighted by Gasteiger charge is -2.26. The second-order valence-electron chi connectivity index (χ2n) is 6.44. The summed E-state index contributed by atoms with van der Waals surface area (Å²) >= 11 is 1.67. The number of hydrogen-bond donors (Lipinski definition) is 2. The molecule has 0 saturated carbocycles. The van der Waals surface area contributed by atoms with E-state index in [1.165, 1.54) is 0 Å². The van der Waals surface area contributed by atoms with Crippen molar-refractivity contribution in [1.82, 2.24) is 20.5 Å². The van der Waals surface area contributed by atoms with Crippen LogP contribution in [-0.2, 0) is 11.3 Å². The number of hydrogen-bond acceptors (Lipinski definition) is 5. The van der Waals surface area contributed by atoms with Gasteiger partial charge in [-0.3, -0.25) is 4.90 Å². The maximum absolute atomic E-state index is 5.39. The van der Waals surface area contributed by atoms with Crippen LogP contribution in [0.2, 0.25) is 0 Å². The topological polar surface area (TPSA) is 61.8 Å². The summed E-state index contributed by atoms with van der Waals surface area (Å²) in [6, 6.07) is 10.3. The number of ether oxygens (including phenoxy) is 1. The van der Waals surface area contributed by atoms with Crippen LogP contribution in [0, 0.1) is 0 Å². The molecule has 1 aliphatic heterocycles. The highest BCUT2D eigenvalue weighted by Crippen LogP contribution is 2.23. The number of rotatable bonds is 8. The SMILES string of the molecule is CCNC(=NCc1csc(-c2ccccc2)n1)NCCCN1CCOCC1.I. The summed E-state index contributed by atoms with van der Waals surface area (Å²) in [7, 11) is 0. The van der Waals surface area contributed by atoms with Crippen molar-refractivity contribution in [2.75, 3.05) is 45.9 Å². The molecule has 0 amide bonds. The van der Waals surface area contributed by atoms with Gasteiger partial charge in [0, 0.05) is 37.1 Å². The lowest BCUT2D eigenvalue weighted by atomic mass is 10.2. The molecular weight excluding hydrogens is 485 g/mol. The number of nitrogens with zero attached hydrogens (tertiary/aromatic N) is 3. The lowest BCUT2D eigenvalue weighted by molar-refractivity contribution is 0.0376. The van der Waals surface area contributed by atoms with Crippen LogP contribution in [0.3, 0.4) is 0 Å². The van der Waals surface area contributed by atoms with E-state index >= 15 is 0 Å². The smallest absolute Gasteiger partial charge is 0.191 e. The molecule has 2 heterocycles. The Hall–Kier alpha value is -1.23. The van der Waals surface area contributed by atoms with Crippen molar-refractivity contribution >= 4 is 41.3 Å². The van der Waals surface area contributed by atoms with Gasteiger partial charge in [0.1, 0.15) is 5.01 Å². The number of aromatic nitrogens is 1. The molecule has 1 saturated heterocycles. The van der Waals surface area contributed by atoms with Gasteiger partial charge in [-0.1, -0.05) is 30.3 Å². The molecule has 6 nitrogen and oxygen atoms in total. The minimum Gasteiger partial charge on any atom is -0.379 e. The van der Waals surface area contributed by atoms with Crippen molar-refractivity contribution in [3.05, 3.63) is 41.4 Å². The molecule has 2 N–H and O–H groups in total. The molecule has 0 aliphatic carbocycles. The molecule has 0 atom stereocenters. The number of nitrogens with one attached hydrogen (secondary N) is 2. The second kappa shape index (κ2) is 13.1. The predicted molar refractivity (Wildman–Crippen MR) is 128 cm³/mol. The Kier molecular flexibility index (Phi) is 10.8. The van der Waals surface area contributed by atoms with E-state index in [2.05, 4.69) is 45.0 Å². The zero-order valence-corrected chi connectivity index (χ0v) is 19.5. The van der Waals surface area contributed by atoms with E-state index in [1.807, 2.05) is 18.2 Å². The van der Waals surface area contributed by atoms with Gasteiger partial charge in [-0.2, -0.15) is 0 Å². The summed E-state index contributed by atoms with van der Waals surface area (Å²) in [5.41, 5.74) is 2.16. The fourth-order valence-corrected chi connectivity index (χ4v) is 3.75. The average Bonchev–Trinajstić information content (AvgIpc) is 3.20. The molecule has 8 heteroatoms. The Morgan fingerprint density at radius 3 is 2.75 bits per heavy atom. The van der Waals surface area contributed by atoms with E-state index in [0.717, 1.165) is 74.6 Å². The monoisotopic (exact) mass is 515 g/mol. The summed E-state index contributed by atoms with van der Waals surface area (Å²) in [5.74, 6) is 0.855. The fraction of sp³-hybridized carbons (Fsp3) is 0.500. The van der Waals surface area contributed by atoms with Gasteiger partial charge >= 0.3 is 0 Å². The van der Waals surface area contributed by atoms with Crippen molar-refractivity contribution in [2.24, 2.45) is 4.99 Å². The van der Waals surface area contributed by atoms with Crippen LogP contribution in [0.1, 0.15) is 19.0 Å². The number of morpholine rings is 1. The van der Waals surface area contributed by atoms with Crippen LogP contribution in [0.25, 0.3) is 10.6 Å². The summed E-state index contributed by atoms with van der Waals surface area (Å²) in [6.45, 7) is 9.33. The van der Waals surface area contributed by atoms with Crippen LogP contribution in [0.5, 0.6) is 0 Å². The Bertz CT molecular complexity index is 704. The van der Waals surface area contributed by atoms with Crippen LogP contribution < -0.4 is 10.6 Å². The number of guanidine groups is 1. The van der Waals surface area contributed by atoms with Crippen LogP contribution >= 0.6 is 35.3 Å². The third kappa shape index (κ3) is 7.65. The van der Waals surface area contributed by atoms with Crippen molar-refractivity contribution in [3.63, 3.8) is 0 Å². The van der Waals surface area contributed by atoms with Crippen molar-refractivity contribution < 1.29 is 4.74 Å². The molecule has 2 aromatic rings. The zero-order chi connectivity index (χ0) is 18.7. The Morgan fingerprint density at radius 1 is 1.21 bits per heavy atom. The number of thiazole rings is 1. The number of benzene rings is 1. The van der Waals surface area contributed by atoms with Gasteiger partial charge in [0.25, 0.3) is 0 Å². The molecule has 1 aromatic carbocycles. The standard InChI is InChI=1S/C20H29N5OS.HI/c1-2-21-20(22-9-6-10-25-11-13-26-14-12-25)23-15-18-16-27-19(24-18)17-7-4-3-5-8-17;/h3-5,7-8,16H,2,6,9-15H2,1H3,(H2,21,22,23);1H. The van der Waals surface area contributed by atoms with E-state index in [-0.39, 0.29) is 24.0 Å². The molecule has 0 spiro atoms. The molecule has 0 bridgehead atoms. The van der Waals surface area contributed by atoms with E-state index in [9.17, 15) is 0 Å². The average molecular weight is 515 g/mol. The van der Waals surface area contributed by atoms with Crippen LogP contribution in [-0.4, -0.2) is 61.8 Å². The quantitative estimate of drug-likeness (QED) is 0.245. The maximum Gasteiger partial charge on any atom is 0.191 e. The van der Waals surface area contributed by atoms with E-state index in [0.29, 0.717) is 6.54 Å². The Balaban J connectivity index is 0.00000280. The fourth-order valence-electron chi connectivity index (χ4n) is 2.93. The first-order valence-electron chi connectivity index (χ1n) is 9.67. The van der Waals surface area contributed by atoms with Gasteiger partial charge in [0.05, 0.1) is 25.5 Å². The molecule has 154 valence electrons. The molecule has 1 aromatic heterocycles. The van der Waals surface area contributed by atoms with Crippen LogP contribution in [0.4, 0.5) is 0 Å². The molecule has 1 aliphatic rings. The summed E-state index contributed by atoms with van der Waals surface area (Å²) in [6.07, 6.45) is 1.10. The zero-order valence-electron chi connectivity index (χ0n) is 16.4. The molecular formula is C20H30IN5OS. The summed E-state index contributed by atoms with van der Waals surface area (Å²) in [5, 5.41) is 9.87. The van der Waals surface area contributed by atoms with Gasteiger partial charge < -0.3 is 15.4 Å². The highest BCUT2D eigenvalue weighted by Gasteiger charge is 2.09. The molecule has 28 heavy (non-hydrogen) atoms. The van der Waals surface area contributed by atoms with E-state index < -0.39 is 0 Å². The van der Waals surface area contributed by atoms with Gasteiger partial charge in [0.15, 0.2) is 5.96 Å². The number of aliphatic imine (C=N–C) groups is 1. The minimum atomic E-state index is 0. The summed E-state index contributed by atoms with van der Waals surface area (Å²) in [4.78, 5) is 11.8. The Morgan fingerprint density at radius 2 is 2.00 bits per heavy atom. The highest BCUT2D eigenvalue weighted by atomic mass is 127.